The normalized spacial score (nSPS) is 11.7. The predicted molar refractivity (Wildman–Crippen MR) is 122 cm³/mol. The van der Waals surface area contributed by atoms with Gasteiger partial charge in [0.05, 0.1) is 22.0 Å². The van der Waals surface area contributed by atoms with Gasteiger partial charge in [0, 0.05) is 11.1 Å². The average molecular weight is 405 g/mol. The van der Waals surface area contributed by atoms with Crippen LogP contribution >= 0.6 is 11.3 Å². The van der Waals surface area contributed by atoms with Gasteiger partial charge >= 0.3 is 0 Å². The quantitative estimate of drug-likeness (QED) is 0.374. The molecule has 0 unspecified atom stereocenters. The highest BCUT2D eigenvalue weighted by molar-refractivity contribution is 7.18. The minimum Gasteiger partial charge on any atom is -0.241 e. The zero-order valence-electron chi connectivity index (χ0n) is 18.1. The molecule has 0 atom stereocenters. The van der Waals surface area contributed by atoms with Crippen LogP contribution in [-0.4, -0.2) is 19.6 Å². The lowest BCUT2D eigenvalue weighted by Crippen LogP contribution is -2.05. The fourth-order valence-electron chi connectivity index (χ4n) is 4.11. The molecule has 5 heteroatoms. The number of imidazole rings is 1. The second-order valence-corrected chi connectivity index (χ2v) is 8.78. The van der Waals surface area contributed by atoms with E-state index in [-0.39, 0.29) is 0 Å². The topological polar surface area (TPSA) is 43.1 Å². The summed E-state index contributed by atoms with van der Waals surface area (Å²) in [6, 6.07) is 10.6. The highest BCUT2D eigenvalue weighted by Crippen LogP contribution is 2.39. The Hall–Kier alpha value is -2.53. The smallest absolute Gasteiger partial charge is 0.158 e. The number of rotatable bonds is 5. The number of aryl methyl sites for hydroxylation is 4. The van der Waals surface area contributed by atoms with Crippen molar-refractivity contribution >= 4 is 17.0 Å². The van der Waals surface area contributed by atoms with Crippen molar-refractivity contribution < 1.29 is 0 Å². The van der Waals surface area contributed by atoms with Crippen LogP contribution in [-0.2, 0) is 0 Å². The third-order valence-electron chi connectivity index (χ3n) is 5.72. The number of aromatic nitrogens is 4. The standard InChI is InChI=1S/C24H28N4S/c1-7-18(8-2)20-13-15(4)27-28-21(16(5)25-23(20)28)22-17(6)26-24(29-22)19-12-10-9-11-14(19)3/h9-13,18H,7-8H2,1-6H3. The summed E-state index contributed by atoms with van der Waals surface area (Å²) in [4.78, 5) is 11.0. The summed E-state index contributed by atoms with van der Waals surface area (Å²) in [7, 11) is 0. The minimum atomic E-state index is 0.499. The first-order chi connectivity index (χ1) is 13.9. The molecule has 4 rings (SSSR count). The van der Waals surface area contributed by atoms with Crippen LogP contribution in [0, 0.1) is 27.7 Å². The Balaban J connectivity index is 1.94. The molecule has 0 spiro atoms. The molecule has 0 bridgehead atoms. The molecule has 0 aliphatic heterocycles. The molecule has 3 aromatic heterocycles. The number of benzene rings is 1. The third-order valence-corrected chi connectivity index (χ3v) is 6.92. The molecule has 0 radical (unpaired) electrons. The van der Waals surface area contributed by atoms with Gasteiger partial charge in [0.15, 0.2) is 5.65 Å². The SMILES string of the molecule is CCC(CC)c1cc(C)nn2c(-c3sc(-c4ccccc4C)nc3C)c(C)nc12. The van der Waals surface area contributed by atoms with Gasteiger partial charge in [-0.2, -0.15) is 5.10 Å². The Bertz CT molecular complexity index is 1180. The van der Waals surface area contributed by atoms with Gasteiger partial charge in [-0.05, 0) is 58.1 Å². The van der Waals surface area contributed by atoms with E-state index in [2.05, 4.69) is 76.4 Å². The van der Waals surface area contributed by atoms with E-state index in [9.17, 15) is 0 Å². The Labute approximate surface area is 176 Å². The molecule has 150 valence electrons. The first-order valence-corrected chi connectivity index (χ1v) is 11.2. The van der Waals surface area contributed by atoms with Gasteiger partial charge < -0.3 is 0 Å². The monoisotopic (exact) mass is 404 g/mol. The maximum absolute atomic E-state index is 4.97. The van der Waals surface area contributed by atoms with E-state index < -0.39 is 0 Å². The summed E-state index contributed by atoms with van der Waals surface area (Å²) in [5, 5.41) is 5.91. The third kappa shape index (κ3) is 3.38. The summed E-state index contributed by atoms with van der Waals surface area (Å²) in [5.41, 5.74) is 8.88. The van der Waals surface area contributed by atoms with E-state index >= 15 is 0 Å². The zero-order chi connectivity index (χ0) is 20.7. The van der Waals surface area contributed by atoms with E-state index in [0.29, 0.717) is 5.92 Å². The number of hydrogen-bond acceptors (Lipinski definition) is 4. The van der Waals surface area contributed by atoms with Crippen LogP contribution in [0.15, 0.2) is 30.3 Å². The molecular weight excluding hydrogens is 376 g/mol. The lowest BCUT2D eigenvalue weighted by atomic mass is 9.95. The Morgan fingerprint density at radius 1 is 0.966 bits per heavy atom. The van der Waals surface area contributed by atoms with Crippen LogP contribution in [0.2, 0.25) is 0 Å². The molecule has 0 aliphatic carbocycles. The molecule has 0 aliphatic rings. The average Bonchev–Trinajstić information content (AvgIpc) is 3.22. The van der Waals surface area contributed by atoms with E-state index in [1.165, 1.54) is 16.7 Å². The molecule has 1 aromatic carbocycles. The predicted octanol–water partition coefficient (Wildman–Crippen LogP) is 6.66. The Morgan fingerprint density at radius 3 is 2.38 bits per heavy atom. The van der Waals surface area contributed by atoms with Gasteiger partial charge in [0.2, 0.25) is 0 Å². The molecule has 0 saturated carbocycles. The number of hydrogen-bond donors (Lipinski definition) is 0. The Morgan fingerprint density at radius 2 is 1.69 bits per heavy atom. The van der Waals surface area contributed by atoms with Crippen molar-refractivity contribution in [2.75, 3.05) is 0 Å². The zero-order valence-corrected chi connectivity index (χ0v) is 18.9. The summed E-state index contributed by atoms with van der Waals surface area (Å²) < 4.78 is 2.06. The lowest BCUT2D eigenvalue weighted by molar-refractivity contribution is 0.638. The van der Waals surface area contributed by atoms with Crippen molar-refractivity contribution in [3.05, 3.63) is 58.5 Å². The molecule has 4 aromatic rings. The van der Waals surface area contributed by atoms with Gasteiger partial charge in [0.25, 0.3) is 0 Å². The molecule has 4 nitrogen and oxygen atoms in total. The van der Waals surface area contributed by atoms with Gasteiger partial charge in [0.1, 0.15) is 10.7 Å². The van der Waals surface area contributed by atoms with E-state index in [4.69, 9.17) is 15.1 Å². The molecule has 0 saturated heterocycles. The van der Waals surface area contributed by atoms with E-state index in [1.807, 2.05) is 0 Å². The number of thiazole rings is 1. The summed E-state index contributed by atoms with van der Waals surface area (Å²) in [6.45, 7) is 12.9. The van der Waals surface area contributed by atoms with E-state index in [0.717, 1.165) is 51.1 Å². The van der Waals surface area contributed by atoms with Crippen molar-refractivity contribution in [2.24, 2.45) is 0 Å². The molecule has 0 N–H and O–H groups in total. The number of nitrogens with zero attached hydrogens (tertiary/aromatic N) is 4. The molecular formula is C24H28N4S. The van der Waals surface area contributed by atoms with Crippen molar-refractivity contribution in [2.45, 2.75) is 60.3 Å². The maximum atomic E-state index is 4.97. The maximum Gasteiger partial charge on any atom is 0.158 e. The van der Waals surface area contributed by atoms with Crippen LogP contribution in [0.25, 0.3) is 26.8 Å². The molecule has 0 amide bonds. The summed E-state index contributed by atoms with van der Waals surface area (Å²) in [5.74, 6) is 0.499. The first kappa shape index (κ1) is 19.8. The summed E-state index contributed by atoms with van der Waals surface area (Å²) >= 11 is 1.73. The largest absolute Gasteiger partial charge is 0.241 e. The number of fused-ring (bicyclic) bond motifs is 1. The second-order valence-electron chi connectivity index (χ2n) is 7.78. The highest BCUT2D eigenvalue weighted by atomic mass is 32.1. The van der Waals surface area contributed by atoms with Crippen LogP contribution in [0.1, 0.15) is 60.8 Å². The minimum absolute atomic E-state index is 0.499. The van der Waals surface area contributed by atoms with Crippen LogP contribution in [0.5, 0.6) is 0 Å². The molecule has 29 heavy (non-hydrogen) atoms. The van der Waals surface area contributed by atoms with Crippen molar-refractivity contribution in [1.82, 2.24) is 19.6 Å². The molecule has 0 fully saturated rings. The lowest BCUT2D eigenvalue weighted by Gasteiger charge is -2.14. The van der Waals surface area contributed by atoms with Crippen molar-refractivity contribution in [3.63, 3.8) is 0 Å². The fraction of sp³-hybridized carbons (Fsp3) is 0.375. The highest BCUT2D eigenvalue weighted by Gasteiger charge is 2.23. The second kappa shape index (κ2) is 7.71. The van der Waals surface area contributed by atoms with Gasteiger partial charge in [-0.15, -0.1) is 11.3 Å². The molecule has 3 heterocycles. The van der Waals surface area contributed by atoms with Crippen LogP contribution in [0.4, 0.5) is 0 Å². The van der Waals surface area contributed by atoms with Gasteiger partial charge in [-0.3, -0.25) is 0 Å². The van der Waals surface area contributed by atoms with Gasteiger partial charge in [-0.25, -0.2) is 14.5 Å². The van der Waals surface area contributed by atoms with E-state index in [1.54, 1.807) is 11.3 Å². The first-order valence-electron chi connectivity index (χ1n) is 10.3. The summed E-state index contributed by atoms with van der Waals surface area (Å²) in [6.07, 6.45) is 2.21. The van der Waals surface area contributed by atoms with Crippen molar-refractivity contribution in [3.8, 4) is 21.1 Å². The van der Waals surface area contributed by atoms with Crippen LogP contribution < -0.4 is 0 Å². The fourth-order valence-corrected chi connectivity index (χ4v) is 5.35. The van der Waals surface area contributed by atoms with Crippen molar-refractivity contribution in [1.29, 1.82) is 0 Å². The Kier molecular flexibility index (Phi) is 5.26. The van der Waals surface area contributed by atoms with Crippen LogP contribution in [0.3, 0.4) is 0 Å². The van der Waals surface area contributed by atoms with Gasteiger partial charge in [-0.1, -0.05) is 38.1 Å².